The van der Waals surface area contributed by atoms with Gasteiger partial charge in [0.2, 0.25) is 5.78 Å². The van der Waals surface area contributed by atoms with Crippen molar-refractivity contribution >= 4 is 40.0 Å². The van der Waals surface area contributed by atoms with Crippen molar-refractivity contribution in [3.8, 4) is 0 Å². The number of carbonyl (C=O) groups is 1. The smallest absolute Gasteiger partial charge is 0.213 e. The average molecular weight is 376 g/mol. The first-order valence-corrected chi connectivity index (χ1v) is 6.97. The molecule has 1 aromatic heterocycles. The minimum Gasteiger partial charge on any atom is -0.287 e. The van der Waals surface area contributed by atoms with Crippen molar-refractivity contribution in [2.75, 3.05) is 0 Å². The number of nitrogens with zero attached hydrogens (tertiary/aromatic N) is 3. The third kappa shape index (κ3) is 2.72. The molecule has 1 heterocycles. The number of aromatic nitrogens is 3. The fraction of sp³-hybridized carbons (Fsp3) is 0.250. The molecule has 0 saturated heterocycles. The zero-order valence-electron chi connectivity index (χ0n) is 9.73. The molecule has 0 bridgehead atoms. The molecule has 0 unspecified atom stereocenters. The number of hydrogen-bond acceptors (Lipinski definition) is 3. The van der Waals surface area contributed by atoms with Gasteiger partial charge in [-0.15, -0.1) is 5.10 Å². The Morgan fingerprint density at radius 1 is 1.50 bits per heavy atom. The van der Waals surface area contributed by atoms with Crippen LogP contribution in [0.2, 0.25) is 5.02 Å². The van der Waals surface area contributed by atoms with Gasteiger partial charge in [0, 0.05) is 20.7 Å². The van der Waals surface area contributed by atoms with Crippen LogP contribution in [0.5, 0.6) is 0 Å². The molecule has 0 N–H and O–H groups in total. The topological polar surface area (TPSA) is 47.8 Å². The molecule has 0 fully saturated rings. The summed E-state index contributed by atoms with van der Waals surface area (Å²) in [5.41, 5.74) is 1.08. The van der Waals surface area contributed by atoms with E-state index in [2.05, 4.69) is 32.9 Å². The maximum Gasteiger partial charge on any atom is 0.213 e. The number of halogens is 2. The summed E-state index contributed by atoms with van der Waals surface area (Å²) >= 11 is 8.05. The second-order valence-electron chi connectivity index (χ2n) is 3.80. The van der Waals surface area contributed by atoms with Crippen LogP contribution in [-0.4, -0.2) is 20.8 Å². The highest BCUT2D eigenvalue weighted by molar-refractivity contribution is 14.1. The fourth-order valence-electron chi connectivity index (χ4n) is 1.62. The van der Waals surface area contributed by atoms with E-state index in [1.165, 1.54) is 6.20 Å². The largest absolute Gasteiger partial charge is 0.287 e. The molecule has 1 aromatic carbocycles. The van der Waals surface area contributed by atoms with Gasteiger partial charge in [-0.3, -0.25) is 4.79 Å². The molecule has 0 aliphatic heterocycles. The number of aryl methyl sites for hydroxylation is 1. The Morgan fingerprint density at radius 2 is 2.28 bits per heavy atom. The van der Waals surface area contributed by atoms with Crippen LogP contribution in [0.15, 0.2) is 24.4 Å². The van der Waals surface area contributed by atoms with Crippen LogP contribution >= 0.6 is 34.2 Å². The number of rotatable bonds is 4. The number of carbonyl (C=O) groups excluding carboxylic acids is 1. The van der Waals surface area contributed by atoms with Crippen molar-refractivity contribution in [3.05, 3.63) is 44.2 Å². The molecule has 94 valence electrons. The summed E-state index contributed by atoms with van der Waals surface area (Å²) in [7, 11) is 0. The van der Waals surface area contributed by atoms with Crippen LogP contribution in [-0.2, 0) is 6.54 Å². The summed E-state index contributed by atoms with van der Waals surface area (Å²) in [4.78, 5) is 12.4. The molecule has 0 aliphatic rings. The van der Waals surface area contributed by atoms with E-state index in [4.69, 9.17) is 11.6 Å². The van der Waals surface area contributed by atoms with Crippen molar-refractivity contribution in [1.29, 1.82) is 0 Å². The number of hydrogen-bond donors (Lipinski definition) is 0. The van der Waals surface area contributed by atoms with E-state index in [-0.39, 0.29) is 5.78 Å². The van der Waals surface area contributed by atoms with E-state index in [0.717, 1.165) is 9.99 Å². The molecule has 0 amide bonds. The van der Waals surface area contributed by atoms with Gasteiger partial charge in [0.25, 0.3) is 0 Å². The van der Waals surface area contributed by atoms with Gasteiger partial charge >= 0.3 is 0 Å². The molecule has 0 aliphatic carbocycles. The molecule has 2 rings (SSSR count). The third-order valence-electron chi connectivity index (χ3n) is 2.46. The Hall–Kier alpha value is -0.950. The molecule has 2 aromatic rings. The van der Waals surface area contributed by atoms with Gasteiger partial charge in [-0.1, -0.05) is 23.7 Å². The standard InChI is InChI=1S/C12H11ClIN3O/c1-2-5-17-11(7-15-16-17)12(18)9-6-8(13)3-4-10(9)14/h3-4,6-7H,2,5H2,1H3. The Bertz CT molecular complexity index is 582. The van der Waals surface area contributed by atoms with E-state index in [0.29, 0.717) is 22.8 Å². The summed E-state index contributed by atoms with van der Waals surface area (Å²) in [6.45, 7) is 2.71. The second kappa shape index (κ2) is 5.79. The van der Waals surface area contributed by atoms with Crippen molar-refractivity contribution in [1.82, 2.24) is 15.0 Å². The molecule has 18 heavy (non-hydrogen) atoms. The van der Waals surface area contributed by atoms with Crippen LogP contribution in [0.1, 0.15) is 29.4 Å². The number of ketones is 1. The van der Waals surface area contributed by atoms with Crippen molar-refractivity contribution in [2.24, 2.45) is 0 Å². The highest BCUT2D eigenvalue weighted by atomic mass is 127. The minimum atomic E-state index is -0.0969. The molecular weight excluding hydrogens is 365 g/mol. The predicted molar refractivity (Wildman–Crippen MR) is 77.9 cm³/mol. The second-order valence-corrected chi connectivity index (χ2v) is 5.39. The molecule has 6 heteroatoms. The predicted octanol–water partition coefficient (Wildman–Crippen LogP) is 3.18. The highest BCUT2D eigenvalue weighted by Gasteiger charge is 2.17. The first-order valence-electron chi connectivity index (χ1n) is 5.51. The lowest BCUT2D eigenvalue weighted by Crippen LogP contribution is -2.12. The maximum absolute atomic E-state index is 12.4. The van der Waals surface area contributed by atoms with Crippen molar-refractivity contribution < 1.29 is 4.79 Å². The Morgan fingerprint density at radius 3 is 3.00 bits per heavy atom. The molecule has 4 nitrogen and oxygen atoms in total. The summed E-state index contributed by atoms with van der Waals surface area (Å²) in [6.07, 6.45) is 2.39. The zero-order chi connectivity index (χ0) is 13.1. The van der Waals surface area contributed by atoms with Crippen LogP contribution < -0.4 is 0 Å². The lowest BCUT2D eigenvalue weighted by atomic mass is 10.1. The van der Waals surface area contributed by atoms with E-state index < -0.39 is 0 Å². The van der Waals surface area contributed by atoms with Crippen LogP contribution in [0.25, 0.3) is 0 Å². The Balaban J connectivity index is 2.41. The van der Waals surface area contributed by atoms with Gasteiger partial charge in [0.05, 0.1) is 6.20 Å². The molecular formula is C12H11ClIN3O. The average Bonchev–Trinajstić information content (AvgIpc) is 2.80. The minimum absolute atomic E-state index is 0.0969. The van der Waals surface area contributed by atoms with Crippen LogP contribution in [0, 0.1) is 3.57 Å². The van der Waals surface area contributed by atoms with Crippen molar-refractivity contribution in [3.63, 3.8) is 0 Å². The zero-order valence-corrected chi connectivity index (χ0v) is 12.6. The summed E-state index contributed by atoms with van der Waals surface area (Å²) in [6, 6.07) is 5.26. The molecule has 0 spiro atoms. The van der Waals surface area contributed by atoms with Gasteiger partial charge < -0.3 is 0 Å². The Labute approximate surface area is 123 Å². The van der Waals surface area contributed by atoms with Crippen molar-refractivity contribution in [2.45, 2.75) is 19.9 Å². The van der Waals surface area contributed by atoms with E-state index in [1.54, 1.807) is 16.8 Å². The fourth-order valence-corrected chi connectivity index (χ4v) is 2.37. The first-order chi connectivity index (χ1) is 8.63. The van der Waals surface area contributed by atoms with E-state index in [9.17, 15) is 4.79 Å². The molecule has 0 saturated carbocycles. The maximum atomic E-state index is 12.4. The van der Waals surface area contributed by atoms with E-state index in [1.807, 2.05) is 13.0 Å². The number of benzene rings is 1. The Kier molecular flexibility index (Phi) is 4.34. The monoisotopic (exact) mass is 375 g/mol. The van der Waals surface area contributed by atoms with E-state index >= 15 is 0 Å². The highest BCUT2D eigenvalue weighted by Crippen LogP contribution is 2.20. The summed E-state index contributed by atoms with van der Waals surface area (Å²) in [5, 5.41) is 8.26. The normalized spacial score (nSPS) is 10.6. The first kappa shape index (κ1) is 13.5. The molecule has 0 radical (unpaired) electrons. The van der Waals surface area contributed by atoms with Gasteiger partial charge in [-0.25, -0.2) is 4.68 Å². The lowest BCUT2D eigenvalue weighted by Gasteiger charge is -2.06. The van der Waals surface area contributed by atoms with Crippen LogP contribution in [0.4, 0.5) is 0 Å². The third-order valence-corrected chi connectivity index (χ3v) is 3.63. The SMILES string of the molecule is CCCn1nncc1C(=O)c1cc(Cl)ccc1I. The van der Waals surface area contributed by atoms with Crippen LogP contribution in [0.3, 0.4) is 0 Å². The quantitative estimate of drug-likeness (QED) is 0.609. The van der Waals surface area contributed by atoms with Gasteiger partial charge in [-0.05, 0) is 47.2 Å². The summed E-state index contributed by atoms with van der Waals surface area (Å²) in [5.74, 6) is -0.0969. The summed E-state index contributed by atoms with van der Waals surface area (Å²) < 4.78 is 2.49. The van der Waals surface area contributed by atoms with Gasteiger partial charge in [0.1, 0.15) is 5.69 Å². The van der Waals surface area contributed by atoms with Gasteiger partial charge in [-0.2, -0.15) is 0 Å². The van der Waals surface area contributed by atoms with Gasteiger partial charge in [0.15, 0.2) is 0 Å². The lowest BCUT2D eigenvalue weighted by molar-refractivity contribution is 0.102. The molecule has 0 atom stereocenters.